The molecule has 0 spiro atoms. The van der Waals surface area contributed by atoms with E-state index in [0.717, 1.165) is 16.7 Å². The summed E-state index contributed by atoms with van der Waals surface area (Å²) in [6.07, 6.45) is 0.738. The summed E-state index contributed by atoms with van der Waals surface area (Å²) < 4.78 is 23.4. The van der Waals surface area contributed by atoms with Crippen LogP contribution < -0.4 is 14.9 Å². The summed E-state index contributed by atoms with van der Waals surface area (Å²) in [5, 5.41) is 0.512. The number of carbonyl (C=O) groups is 1. The normalized spacial score (nSPS) is 15.1. The Morgan fingerprint density at radius 3 is 2.42 bits per heavy atom. The predicted molar refractivity (Wildman–Crippen MR) is 139 cm³/mol. The lowest BCUT2D eigenvalue weighted by Gasteiger charge is -2.26. The SMILES string of the molecule is CCOc1ccc(C2c3c(oc4cc(C)cc(C)c4c3=O)C(=O)N2CCCOC(C)C)cc1OCC. The minimum absolute atomic E-state index is 0.104. The molecule has 0 N–H and O–H groups in total. The first-order valence-corrected chi connectivity index (χ1v) is 12.7. The van der Waals surface area contributed by atoms with E-state index in [1.165, 1.54) is 0 Å². The standard InChI is InChI=1S/C29H35NO6/c1-7-33-21-11-10-20(16-22(21)34-8-2)26-25-27(31)24-19(6)14-18(5)15-23(24)36-28(25)29(32)30(26)12-9-13-35-17(3)4/h10-11,14-17,26H,7-9,12-13H2,1-6H3. The lowest BCUT2D eigenvalue weighted by Crippen LogP contribution is -2.31. The Morgan fingerprint density at radius 2 is 1.72 bits per heavy atom. The van der Waals surface area contributed by atoms with Crippen molar-refractivity contribution in [2.45, 2.75) is 60.1 Å². The highest BCUT2D eigenvalue weighted by atomic mass is 16.5. The smallest absolute Gasteiger partial charge is 0.290 e. The van der Waals surface area contributed by atoms with Crippen molar-refractivity contribution >= 4 is 16.9 Å². The summed E-state index contributed by atoms with van der Waals surface area (Å²) in [5.74, 6) is 1.03. The van der Waals surface area contributed by atoms with Gasteiger partial charge in [0, 0.05) is 13.2 Å². The molecular formula is C29H35NO6. The molecule has 1 aliphatic heterocycles. The molecule has 0 fully saturated rings. The molecule has 2 heterocycles. The molecule has 0 bridgehead atoms. The highest BCUT2D eigenvalue weighted by molar-refractivity contribution is 5.99. The van der Waals surface area contributed by atoms with Gasteiger partial charge in [-0.2, -0.15) is 0 Å². The molecule has 7 nitrogen and oxygen atoms in total. The van der Waals surface area contributed by atoms with Crippen LogP contribution in [0.25, 0.3) is 11.0 Å². The van der Waals surface area contributed by atoms with E-state index in [0.29, 0.717) is 60.8 Å². The van der Waals surface area contributed by atoms with E-state index >= 15 is 0 Å². The maximum atomic E-state index is 13.9. The Hall–Kier alpha value is -3.32. The van der Waals surface area contributed by atoms with Crippen molar-refractivity contribution in [3.05, 3.63) is 68.6 Å². The number of rotatable bonds is 10. The van der Waals surface area contributed by atoms with Gasteiger partial charge < -0.3 is 23.5 Å². The van der Waals surface area contributed by atoms with Crippen molar-refractivity contribution in [1.82, 2.24) is 4.90 Å². The Labute approximate surface area is 212 Å². The summed E-state index contributed by atoms with van der Waals surface area (Å²) in [6.45, 7) is 13.5. The molecule has 0 aliphatic carbocycles. The van der Waals surface area contributed by atoms with Gasteiger partial charge in [0.25, 0.3) is 5.91 Å². The van der Waals surface area contributed by atoms with Gasteiger partial charge in [0.2, 0.25) is 5.76 Å². The molecule has 1 aromatic heterocycles. The van der Waals surface area contributed by atoms with E-state index in [4.69, 9.17) is 18.6 Å². The molecule has 1 aliphatic rings. The number of amides is 1. The van der Waals surface area contributed by atoms with Crippen LogP contribution in [0.1, 0.15) is 73.0 Å². The van der Waals surface area contributed by atoms with Crippen LogP contribution in [0.3, 0.4) is 0 Å². The summed E-state index contributed by atoms with van der Waals surface area (Å²) in [6, 6.07) is 8.78. The fourth-order valence-electron chi connectivity index (χ4n) is 4.88. The number of carbonyl (C=O) groups excluding carboxylic acids is 1. The average molecular weight is 494 g/mol. The second kappa shape index (κ2) is 10.7. The molecule has 192 valence electrons. The van der Waals surface area contributed by atoms with E-state index in [2.05, 4.69) is 0 Å². The number of fused-ring (bicyclic) bond motifs is 2. The van der Waals surface area contributed by atoms with E-state index in [1.807, 2.05) is 71.9 Å². The third-order valence-corrected chi connectivity index (χ3v) is 6.29. The predicted octanol–water partition coefficient (Wildman–Crippen LogP) is 5.57. The summed E-state index contributed by atoms with van der Waals surface area (Å²) in [4.78, 5) is 29.3. The third-order valence-electron chi connectivity index (χ3n) is 6.29. The number of hydrogen-bond acceptors (Lipinski definition) is 6. The number of aryl methyl sites for hydroxylation is 2. The lowest BCUT2D eigenvalue weighted by atomic mass is 9.96. The largest absolute Gasteiger partial charge is 0.490 e. The van der Waals surface area contributed by atoms with Crippen LogP contribution >= 0.6 is 0 Å². The molecule has 7 heteroatoms. The van der Waals surface area contributed by atoms with Crippen molar-refractivity contribution in [3.63, 3.8) is 0 Å². The number of benzene rings is 2. The highest BCUT2D eigenvalue weighted by Gasteiger charge is 2.43. The van der Waals surface area contributed by atoms with Crippen molar-refractivity contribution in [2.24, 2.45) is 0 Å². The third kappa shape index (κ3) is 4.85. The molecule has 0 saturated heterocycles. The zero-order valence-electron chi connectivity index (χ0n) is 22.0. The topological polar surface area (TPSA) is 78.2 Å². The minimum Gasteiger partial charge on any atom is -0.490 e. The quantitative estimate of drug-likeness (QED) is 0.344. The number of hydrogen-bond donors (Lipinski definition) is 0. The Balaban J connectivity index is 1.87. The summed E-state index contributed by atoms with van der Waals surface area (Å²) >= 11 is 0. The molecule has 4 rings (SSSR count). The molecular weight excluding hydrogens is 458 g/mol. The summed E-state index contributed by atoms with van der Waals surface area (Å²) in [5.41, 5.74) is 3.22. The highest BCUT2D eigenvalue weighted by Crippen LogP contribution is 2.41. The van der Waals surface area contributed by atoms with Crippen LogP contribution in [-0.2, 0) is 4.74 Å². The second-order valence-corrected chi connectivity index (χ2v) is 9.38. The first-order chi connectivity index (χ1) is 17.3. The Kier molecular flexibility index (Phi) is 7.69. The number of nitrogens with zero attached hydrogens (tertiary/aromatic N) is 1. The van der Waals surface area contributed by atoms with E-state index in [1.54, 1.807) is 4.90 Å². The Morgan fingerprint density at radius 1 is 1.00 bits per heavy atom. The first kappa shape index (κ1) is 25.8. The maximum absolute atomic E-state index is 13.9. The fraction of sp³-hybridized carbons (Fsp3) is 0.448. The van der Waals surface area contributed by atoms with Crippen LogP contribution in [-0.4, -0.2) is 43.3 Å². The molecule has 2 aromatic carbocycles. The number of ether oxygens (including phenoxy) is 3. The van der Waals surface area contributed by atoms with Crippen molar-refractivity contribution in [3.8, 4) is 11.5 Å². The lowest BCUT2D eigenvalue weighted by molar-refractivity contribution is 0.0593. The van der Waals surface area contributed by atoms with Gasteiger partial charge in [0.1, 0.15) is 5.58 Å². The van der Waals surface area contributed by atoms with Gasteiger partial charge in [0.05, 0.1) is 36.3 Å². The molecule has 3 aromatic rings. The van der Waals surface area contributed by atoms with Crippen LogP contribution in [0.5, 0.6) is 11.5 Å². The fourth-order valence-corrected chi connectivity index (χ4v) is 4.88. The molecule has 36 heavy (non-hydrogen) atoms. The van der Waals surface area contributed by atoms with E-state index in [-0.39, 0.29) is 23.2 Å². The first-order valence-electron chi connectivity index (χ1n) is 12.7. The molecule has 1 amide bonds. The van der Waals surface area contributed by atoms with Crippen LogP contribution in [0.4, 0.5) is 0 Å². The maximum Gasteiger partial charge on any atom is 0.290 e. The van der Waals surface area contributed by atoms with E-state index in [9.17, 15) is 9.59 Å². The zero-order chi connectivity index (χ0) is 26.0. The Bertz CT molecular complexity index is 1330. The van der Waals surface area contributed by atoms with Gasteiger partial charge in [0.15, 0.2) is 16.9 Å². The average Bonchev–Trinajstić information content (AvgIpc) is 3.09. The van der Waals surface area contributed by atoms with E-state index < -0.39 is 6.04 Å². The van der Waals surface area contributed by atoms with Crippen molar-refractivity contribution in [2.75, 3.05) is 26.4 Å². The molecule has 1 atom stereocenters. The van der Waals surface area contributed by atoms with Gasteiger partial charge in [-0.25, -0.2) is 0 Å². The van der Waals surface area contributed by atoms with Gasteiger partial charge in [-0.05, 0) is 82.9 Å². The van der Waals surface area contributed by atoms with Crippen molar-refractivity contribution < 1.29 is 23.4 Å². The molecule has 1 unspecified atom stereocenters. The molecule has 0 saturated carbocycles. The van der Waals surface area contributed by atoms with Gasteiger partial charge in [-0.15, -0.1) is 0 Å². The zero-order valence-corrected chi connectivity index (χ0v) is 22.0. The van der Waals surface area contributed by atoms with Crippen LogP contribution in [0.2, 0.25) is 0 Å². The second-order valence-electron chi connectivity index (χ2n) is 9.38. The van der Waals surface area contributed by atoms with Gasteiger partial charge in [-0.3, -0.25) is 9.59 Å². The van der Waals surface area contributed by atoms with Gasteiger partial charge >= 0.3 is 0 Å². The van der Waals surface area contributed by atoms with Crippen LogP contribution in [0.15, 0.2) is 39.5 Å². The van der Waals surface area contributed by atoms with Gasteiger partial charge in [-0.1, -0.05) is 12.1 Å². The van der Waals surface area contributed by atoms with Crippen molar-refractivity contribution in [1.29, 1.82) is 0 Å². The minimum atomic E-state index is -0.595. The molecule has 0 radical (unpaired) electrons. The van der Waals surface area contributed by atoms with Crippen LogP contribution in [0, 0.1) is 13.8 Å². The summed E-state index contributed by atoms with van der Waals surface area (Å²) in [7, 11) is 0. The monoisotopic (exact) mass is 493 g/mol.